The van der Waals surface area contributed by atoms with Gasteiger partial charge in [-0.15, -0.1) is 0 Å². The highest BCUT2D eigenvalue weighted by molar-refractivity contribution is 7.89. The minimum absolute atomic E-state index is 0.0795. The predicted octanol–water partition coefficient (Wildman–Crippen LogP) is 1.97. The Morgan fingerprint density at radius 2 is 1.85 bits per heavy atom. The van der Waals surface area contributed by atoms with E-state index in [0.29, 0.717) is 23.2 Å². The van der Waals surface area contributed by atoms with E-state index in [2.05, 4.69) is 4.72 Å². The Kier molecular flexibility index (Phi) is 3.65. The van der Waals surface area contributed by atoms with E-state index in [1.807, 2.05) is 0 Å². The van der Waals surface area contributed by atoms with Gasteiger partial charge >= 0.3 is 0 Å². The molecule has 3 rings (SSSR count). The topological polar surface area (TPSA) is 63.2 Å². The lowest BCUT2D eigenvalue weighted by atomic mass is 9.83. The Morgan fingerprint density at radius 3 is 2.55 bits per heavy atom. The number of rotatable bonds is 5. The molecule has 0 heterocycles. The summed E-state index contributed by atoms with van der Waals surface area (Å²) in [5, 5.41) is 0. The average molecular weight is 293 g/mol. The van der Waals surface area contributed by atoms with Crippen molar-refractivity contribution < 1.29 is 13.2 Å². The van der Waals surface area contributed by atoms with Crippen molar-refractivity contribution in [3.05, 3.63) is 30.3 Å². The number of hydrogen-bond donors (Lipinski definition) is 1. The molecule has 2 saturated carbocycles. The molecule has 5 heteroatoms. The van der Waals surface area contributed by atoms with E-state index in [9.17, 15) is 13.2 Å². The molecule has 0 radical (unpaired) electrons. The molecule has 4 atom stereocenters. The smallest absolute Gasteiger partial charge is 0.240 e. The van der Waals surface area contributed by atoms with Crippen LogP contribution in [0, 0.1) is 17.8 Å². The zero-order valence-corrected chi connectivity index (χ0v) is 12.1. The molecule has 0 aromatic heterocycles. The van der Waals surface area contributed by atoms with E-state index in [0.717, 1.165) is 25.5 Å². The lowest BCUT2D eigenvalue weighted by molar-refractivity contribution is -0.109. The fourth-order valence-corrected chi connectivity index (χ4v) is 5.27. The van der Waals surface area contributed by atoms with Crippen molar-refractivity contribution in [3.8, 4) is 0 Å². The Morgan fingerprint density at radius 1 is 1.15 bits per heavy atom. The summed E-state index contributed by atoms with van der Waals surface area (Å²) in [6.07, 6.45) is 4.65. The van der Waals surface area contributed by atoms with Crippen molar-refractivity contribution >= 4 is 16.3 Å². The predicted molar refractivity (Wildman–Crippen MR) is 75.6 cm³/mol. The van der Waals surface area contributed by atoms with Crippen LogP contribution in [0.25, 0.3) is 0 Å². The van der Waals surface area contributed by atoms with Gasteiger partial charge in [-0.25, -0.2) is 13.1 Å². The zero-order valence-electron chi connectivity index (χ0n) is 11.2. The fraction of sp³-hybridized carbons (Fsp3) is 0.533. The van der Waals surface area contributed by atoms with Crippen LogP contribution in [0.4, 0.5) is 0 Å². The fourth-order valence-electron chi connectivity index (χ4n) is 3.89. The monoisotopic (exact) mass is 293 g/mol. The molecule has 0 amide bonds. The normalized spacial score (nSPS) is 32.4. The van der Waals surface area contributed by atoms with Crippen molar-refractivity contribution in [2.45, 2.75) is 36.6 Å². The minimum Gasteiger partial charge on any atom is -0.303 e. The molecule has 2 bridgehead atoms. The molecule has 1 unspecified atom stereocenters. The molecule has 1 N–H and O–H groups in total. The molecule has 0 spiro atoms. The van der Waals surface area contributed by atoms with Crippen LogP contribution in [0.15, 0.2) is 35.2 Å². The van der Waals surface area contributed by atoms with Gasteiger partial charge in [-0.3, -0.25) is 0 Å². The van der Waals surface area contributed by atoms with E-state index in [4.69, 9.17) is 0 Å². The molecule has 2 fully saturated rings. The van der Waals surface area contributed by atoms with Crippen molar-refractivity contribution in [2.75, 3.05) is 0 Å². The van der Waals surface area contributed by atoms with Crippen LogP contribution in [0.1, 0.15) is 25.7 Å². The Hall–Kier alpha value is -1.20. The van der Waals surface area contributed by atoms with Gasteiger partial charge in [0.2, 0.25) is 10.0 Å². The molecule has 2 aliphatic rings. The maximum atomic E-state index is 12.4. The zero-order chi connectivity index (χ0) is 14.2. The summed E-state index contributed by atoms with van der Waals surface area (Å²) in [5.74, 6) is 1.07. The molecule has 20 heavy (non-hydrogen) atoms. The highest BCUT2D eigenvalue weighted by atomic mass is 32.2. The second kappa shape index (κ2) is 5.30. The standard InChI is InChI=1S/C15H19NO3S/c17-9-8-14-11-6-7-12(10-11)15(14)16-20(18,19)13-4-2-1-3-5-13/h1-5,9,11-12,14-16H,6-8,10H2/t11-,12+,14+,15?/m1/s1. The number of carbonyl (C=O) groups is 1. The molecular formula is C15H19NO3S. The Bertz CT molecular complexity index is 584. The summed E-state index contributed by atoms with van der Waals surface area (Å²) in [4.78, 5) is 11.1. The average Bonchev–Trinajstić information content (AvgIpc) is 3.03. The lowest BCUT2D eigenvalue weighted by Gasteiger charge is -2.30. The van der Waals surface area contributed by atoms with Crippen LogP contribution in [0.5, 0.6) is 0 Å². The van der Waals surface area contributed by atoms with E-state index in [1.54, 1.807) is 30.3 Å². The summed E-state index contributed by atoms with van der Waals surface area (Å²) >= 11 is 0. The number of sulfonamides is 1. The number of nitrogens with one attached hydrogen (secondary N) is 1. The Balaban J connectivity index is 1.81. The molecule has 0 aliphatic heterocycles. The number of carbonyl (C=O) groups excluding carboxylic acids is 1. The van der Waals surface area contributed by atoms with Crippen molar-refractivity contribution in [1.29, 1.82) is 0 Å². The summed E-state index contributed by atoms with van der Waals surface area (Å²) in [6.45, 7) is 0. The van der Waals surface area contributed by atoms with Crippen LogP contribution in [-0.4, -0.2) is 20.7 Å². The first-order chi connectivity index (χ1) is 9.62. The highest BCUT2D eigenvalue weighted by Crippen LogP contribution is 2.49. The third-order valence-electron chi connectivity index (χ3n) is 4.80. The molecule has 0 saturated heterocycles. The first kappa shape index (κ1) is 13.8. The second-order valence-electron chi connectivity index (χ2n) is 5.86. The highest BCUT2D eigenvalue weighted by Gasteiger charge is 2.48. The Labute approximate surface area is 119 Å². The van der Waals surface area contributed by atoms with E-state index in [-0.39, 0.29) is 12.0 Å². The summed E-state index contributed by atoms with van der Waals surface area (Å²) in [6, 6.07) is 8.36. The van der Waals surface area contributed by atoms with Crippen LogP contribution in [0.3, 0.4) is 0 Å². The van der Waals surface area contributed by atoms with Gasteiger partial charge in [0.05, 0.1) is 4.90 Å². The molecule has 1 aromatic rings. The van der Waals surface area contributed by atoms with Gasteiger partial charge in [0.25, 0.3) is 0 Å². The summed E-state index contributed by atoms with van der Waals surface area (Å²) in [5.41, 5.74) is 0. The van der Waals surface area contributed by atoms with Gasteiger partial charge in [-0.05, 0) is 49.1 Å². The van der Waals surface area contributed by atoms with Gasteiger partial charge in [-0.1, -0.05) is 18.2 Å². The maximum Gasteiger partial charge on any atom is 0.240 e. The van der Waals surface area contributed by atoms with Crippen molar-refractivity contribution in [2.24, 2.45) is 17.8 Å². The lowest BCUT2D eigenvalue weighted by Crippen LogP contribution is -2.44. The molecule has 4 nitrogen and oxygen atoms in total. The SMILES string of the molecule is O=CC[C@@H]1C(NS(=O)(=O)c2ccccc2)[C@H]2CC[C@@H]1C2. The molecule has 2 aliphatic carbocycles. The van der Waals surface area contributed by atoms with Crippen LogP contribution in [-0.2, 0) is 14.8 Å². The van der Waals surface area contributed by atoms with E-state index >= 15 is 0 Å². The third kappa shape index (κ3) is 2.40. The quantitative estimate of drug-likeness (QED) is 0.844. The molecule has 108 valence electrons. The van der Waals surface area contributed by atoms with Gasteiger partial charge in [0.15, 0.2) is 0 Å². The second-order valence-corrected chi connectivity index (χ2v) is 7.57. The largest absolute Gasteiger partial charge is 0.303 e. The van der Waals surface area contributed by atoms with Crippen molar-refractivity contribution in [3.63, 3.8) is 0 Å². The van der Waals surface area contributed by atoms with Crippen LogP contribution in [0.2, 0.25) is 0 Å². The third-order valence-corrected chi connectivity index (χ3v) is 6.28. The molecular weight excluding hydrogens is 274 g/mol. The number of hydrogen-bond acceptors (Lipinski definition) is 3. The number of aldehydes is 1. The maximum absolute atomic E-state index is 12.4. The number of fused-ring (bicyclic) bond motifs is 2. The minimum atomic E-state index is -3.48. The van der Waals surface area contributed by atoms with E-state index < -0.39 is 10.0 Å². The molecule has 1 aromatic carbocycles. The van der Waals surface area contributed by atoms with Gasteiger partial charge < -0.3 is 4.79 Å². The summed E-state index contributed by atoms with van der Waals surface area (Å²) < 4.78 is 27.7. The van der Waals surface area contributed by atoms with E-state index in [1.165, 1.54) is 0 Å². The summed E-state index contributed by atoms with van der Waals surface area (Å²) in [7, 11) is -3.48. The van der Waals surface area contributed by atoms with Gasteiger partial charge in [-0.2, -0.15) is 0 Å². The first-order valence-corrected chi connectivity index (χ1v) is 8.61. The first-order valence-electron chi connectivity index (χ1n) is 7.13. The van der Waals surface area contributed by atoms with Gasteiger partial charge in [0.1, 0.15) is 6.29 Å². The van der Waals surface area contributed by atoms with Gasteiger partial charge in [0, 0.05) is 12.5 Å². The van der Waals surface area contributed by atoms with Crippen molar-refractivity contribution in [1.82, 2.24) is 4.72 Å². The number of benzene rings is 1. The van der Waals surface area contributed by atoms with Crippen LogP contribution < -0.4 is 4.72 Å². The van der Waals surface area contributed by atoms with Crippen LogP contribution >= 0.6 is 0 Å².